The summed E-state index contributed by atoms with van der Waals surface area (Å²) in [7, 11) is 0. The normalized spacial score (nSPS) is 13.6. The Hall–Kier alpha value is -0.750. The molecular formula is C10H11BrF3NO. The Bertz CT molecular complexity index is 366. The van der Waals surface area contributed by atoms with Crippen LogP contribution in [0.2, 0.25) is 0 Å². The first-order valence-electron chi connectivity index (χ1n) is 4.59. The molecule has 0 saturated heterocycles. The van der Waals surface area contributed by atoms with Crippen LogP contribution in [0.4, 0.5) is 18.9 Å². The highest BCUT2D eigenvalue weighted by molar-refractivity contribution is 9.10. The fourth-order valence-electron chi connectivity index (χ4n) is 1.16. The largest absolute Gasteiger partial charge is 0.418 e. The van der Waals surface area contributed by atoms with E-state index in [0.717, 1.165) is 6.07 Å². The van der Waals surface area contributed by atoms with Crippen LogP contribution in [0.1, 0.15) is 12.5 Å². The van der Waals surface area contributed by atoms with Gasteiger partial charge in [0, 0.05) is 16.7 Å². The van der Waals surface area contributed by atoms with Crippen molar-refractivity contribution in [3.05, 3.63) is 28.2 Å². The molecule has 2 nitrogen and oxygen atoms in total. The minimum absolute atomic E-state index is 0.0309. The van der Waals surface area contributed by atoms with E-state index in [1.54, 1.807) is 0 Å². The summed E-state index contributed by atoms with van der Waals surface area (Å²) in [6, 6.07) is 3.85. The second-order valence-electron chi connectivity index (χ2n) is 3.42. The van der Waals surface area contributed by atoms with E-state index in [9.17, 15) is 13.2 Å². The Morgan fingerprint density at radius 2 is 2.06 bits per heavy atom. The summed E-state index contributed by atoms with van der Waals surface area (Å²) in [6.45, 7) is 1.57. The third kappa shape index (κ3) is 3.68. The number of hydrogen-bond donors (Lipinski definition) is 2. The fraction of sp³-hybridized carbons (Fsp3) is 0.400. The molecule has 0 bridgehead atoms. The molecule has 0 amide bonds. The van der Waals surface area contributed by atoms with Crippen LogP contribution in [-0.2, 0) is 6.18 Å². The van der Waals surface area contributed by atoms with E-state index in [1.165, 1.54) is 19.1 Å². The van der Waals surface area contributed by atoms with Crippen LogP contribution in [0.15, 0.2) is 22.7 Å². The fourth-order valence-corrected chi connectivity index (χ4v) is 1.52. The predicted molar refractivity (Wildman–Crippen MR) is 59.3 cm³/mol. The summed E-state index contributed by atoms with van der Waals surface area (Å²) in [6.07, 6.45) is -5.12. The highest BCUT2D eigenvalue weighted by Gasteiger charge is 2.33. The van der Waals surface area contributed by atoms with Crippen LogP contribution in [-0.4, -0.2) is 17.8 Å². The van der Waals surface area contributed by atoms with Gasteiger partial charge >= 0.3 is 6.18 Å². The van der Waals surface area contributed by atoms with Crippen LogP contribution in [0.3, 0.4) is 0 Å². The highest BCUT2D eigenvalue weighted by Crippen LogP contribution is 2.36. The lowest BCUT2D eigenvalue weighted by atomic mass is 10.1. The number of aliphatic hydroxyl groups is 1. The molecule has 0 heterocycles. The van der Waals surface area contributed by atoms with Crippen molar-refractivity contribution in [3.63, 3.8) is 0 Å². The number of aliphatic hydroxyl groups excluding tert-OH is 1. The number of alkyl halides is 3. The third-order valence-corrected chi connectivity index (χ3v) is 2.37. The molecule has 1 rings (SSSR count). The molecule has 0 aliphatic carbocycles. The highest BCUT2D eigenvalue weighted by atomic mass is 79.9. The Kier molecular flexibility index (Phi) is 4.21. The van der Waals surface area contributed by atoms with Crippen molar-refractivity contribution in [1.29, 1.82) is 0 Å². The van der Waals surface area contributed by atoms with Crippen LogP contribution in [0.25, 0.3) is 0 Å². The molecule has 0 spiro atoms. The molecule has 2 N–H and O–H groups in total. The van der Waals surface area contributed by atoms with Gasteiger partial charge in [0.05, 0.1) is 11.7 Å². The second-order valence-corrected chi connectivity index (χ2v) is 4.33. The zero-order valence-electron chi connectivity index (χ0n) is 8.48. The van der Waals surface area contributed by atoms with Gasteiger partial charge in [-0.25, -0.2) is 0 Å². The number of rotatable bonds is 3. The Morgan fingerprint density at radius 3 is 2.56 bits per heavy atom. The van der Waals surface area contributed by atoms with Gasteiger partial charge in [-0.2, -0.15) is 13.2 Å². The van der Waals surface area contributed by atoms with Crippen molar-refractivity contribution < 1.29 is 18.3 Å². The lowest BCUT2D eigenvalue weighted by Crippen LogP contribution is -2.18. The second kappa shape index (κ2) is 5.05. The zero-order chi connectivity index (χ0) is 12.3. The van der Waals surface area contributed by atoms with Gasteiger partial charge in [0.15, 0.2) is 0 Å². The SMILES string of the molecule is C[C@@H](O)CNc1ccc(Br)cc1C(F)(F)F. The predicted octanol–water partition coefficient (Wildman–Crippen LogP) is 3.26. The first-order valence-corrected chi connectivity index (χ1v) is 5.38. The number of nitrogens with one attached hydrogen (secondary N) is 1. The minimum Gasteiger partial charge on any atom is -0.392 e. The average molecular weight is 298 g/mol. The minimum atomic E-state index is -4.41. The van der Waals surface area contributed by atoms with Crippen LogP contribution < -0.4 is 5.32 Å². The van der Waals surface area contributed by atoms with E-state index >= 15 is 0 Å². The molecular weight excluding hydrogens is 287 g/mol. The lowest BCUT2D eigenvalue weighted by Gasteiger charge is -2.15. The first kappa shape index (κ1) is 13.3. The Balaban J connectivity index is 2.99. The van der Waals surface area contributed by atoms with Crippen molar-refractivity contribution in [2.24, 2.45) is 0 Å². The molecule has 1 atom stereocenters. The van der Waals surface area contributed by atoms with Gasteiger partial charge in [-0.3, -0.25) is 0 Å². The maximum Gasteiger partial charge on any atom is 0.418 e. The van der Waals surface area contributed by atoms with Crippen molar-refractivity contribution >= 4 is 21.6 Å². The van der Waals surface area contributed by atoms with Crippen LogP contribution in [0.5, 0.6) is 0 Å². The lowest BCUT2D eigenvalue weighted by molar-refractivity contribution is -0.137. The van der Waals surface area contributed by atoms with Gasteiger partial charge in [-0.1, -0.05) is 15.9 Å². The van der Waals surface area contributed by atoms with Crippen molar-refractivity contribution in [2.75, 3.05) is 11.9 Å². The quantitative estimate of drug-likeness (QED) is 0.897. The van der Waals surface area contributed by atoms with Crippen molar-refractivity contribution in [2.45, 2.75) is 19.2 Å². The monoisotopic (exact) mass is 297 g/mol. The number of halogens is 4. The van der Waals surface area contributed by atoms with Gasteiger partial charge in [0.2, 0.25) is 0 Å². The molecule has 6 heteroatoms. The summed E-state index contributed by atoms with van der Waals surface area (Å²) in [4.78, 5) is 0. The first-order chi connectivity index (χ1) is 7.30. The molecule has 90 valence electrons. The van der Waals surface area contributed by atoms with Crippen molar-refractivity contribution in [1.82, 2.24) is 0 Å². The van der Waals surface area contributed by atoms with Gasteiger partial charge < -0.3 is 10.4 Å². The Labute approximate surface area is 99.6 Å². The molecule has 0 unspecified atom stereocenters. The molecule has 1 aromatic carbocycles. The molecule has 0 aliphatic rings. The van der Waals surface area contributed by atoms with E-state index in [-0.39, 0.29) is 12.2 Å². The smallest absolute Gasteiger partial charge is 0.392 e. The van der Waals surface area contributed by atoms with Crippen LogP contribution >= 0.6 is 15.9 Å². The molecule has 0 aliphatic heterocycles. The Morgan fingerprint density at radius 1 is 1.44 bits per heavy atom. The molecule has 0 radical (unpaired) electrons. The van der Waals surface area contributed by atoms with Gasteiger partial charge in [0.25, 0.3) is 0 Å². The van der Waals surface area contributed by atoms with Gasteiger partial charge in [0.1, 0.15) is 0 Å². The topological polar surface area (TPSA) is 32.3 Å². The van der Waals surface area contributed by atoms with Gasteiger partial charge in [-0.05, 0) is 25.1 Å². The van der Waals surface area contributed by atoms with Crippen LogP contribution in [0, 0.1) is 0 Å². The zero-order valence-corrected chi connectivity index (χ0v) is 10.1. The average Bonchev–Trinajstić information content (AvgIpc) is 2.14. The summed E-state index contributed by atoms with van der Waals surface area (Å²) >= 11 is 2.99. The van der Waals surface area contributed by atoms with E-state index in [4.69, 9.17) is 5.11 Å². The number of benzene rings is 1. The van der Waals surface area contributed by atoms with E-state index < -0.39 is 17.8 Å². The standard InChI is InChI=1S/C10H11BrF3NO/c1-6(16)5-15-9-3-2-7(11)4-8(9)10(12,13)14/h2-4,6,15-16H,5H2,1H3/t6-/m1/s1. The molecule has 0 aromatic heterocycles. The summed E-state index contributed by atoms with van der Waals surface area (Å²) in [5, 5.41) is 11.6. The summed E-state index contributed by atoms with van der Waals surface area (Å²) in [5.41, 5.74) is -0.779. The number of hydrogen-bond acceptors (Lipinski definition) is 2. The summed E-state index contributed by atoms with van der Waals surface area (Å²) in [5.74, 6) is 0. The maximum atomic E-state index is 12.6. The molecule has 1 aromatic rings. The maximum absolute atomic E-state index is 12.6. The van der Waals surface area contributed by atoms with Gasteiger partial charge in [-0.15, -0.1) is 0 Å². The van der Waals surface area contributed by atoms with E-state index in [2.05, 4.69) is 21.2 Å². The van der Waals surface area contributed by atoms with Crippen molar-refractivity contribution in [3.8, 4) is 0 Å². The number of anilines is 1. The molecule has 0 fully saturated rings. The summed E-state index contributed by atoms with van der Waals surface area (Å²) < 4.78 is 38.3. The third-order valence-electron chi connectivity index (χ3n) is 1.87. The van der Waals surface area contributed by atoms with E-state index in [1.807, 2.05) is 0 Å². The molecule has 16 heavy (non-hydrogen) atoms. The molecule has 0 saturated carbocycles. The van der Waals surface area contributed by atoms with E-state index in [0.29, 0.717) is 4.47 Å².